The molecule has 0 aliphatic heterocycles. The first kappa shape index (κ1) is 13.0. The second-order valence-electron chi connectivity index (χ2n) is 5.76. The Kier molecular flexibility index (Phi) is 5.66. The maximum Gasteiger partial charge on any atom is -0.00180 e. The fourth-order valence-corrected chi connectivity index (χ4v) is 2.87. The monoisotopic (exact) mass is 211 g/mol. The summed E-state index contributed by atoms with van der Waals surface area (Å²) < 4.78 is 0. The van der Waals surface area contributed by atoms with Crippen LogP contribution in [0.25, 0.3) is 0 Å². The Balaban J connectivity index is 2.26. The molecule has 1 rings (SSSR count). The molecule has 1 saturated carbocycles. The van der Waals surface area contributed by atoms with E-state index in [-0.39, 0.29) is 0 Å². The molecule has 1 heteroatoms. The second-order valence-corrected chi connectivity index (χ2v) is 5.76. The van der Waals surface area contributed by atoms with Gasteiger partial charge >= 0.3 is 0 Å². The highest BCUT2D eigenvalue weighted by Crippen LogP contribution is 2.36. The van der Waals surface area contributed by atoms with Crippen molar-refractivity contribution in [1.29, 1.82) is 0 Å². The predicted molar refractivity (Wildman–Crippen MR) is 68.0 cm³/mol. The van der Waals surface area contributed by atoms with Crippen LogP contribution in [0.3, 0.4) is 0 Å². The molecule has 1 N–H and O–H groups in total. The summed E-state index contributed by atoms with van der Waals surface area (Å²) >= 11 is 0. The van der Waals surface area contributed by atoms with Crippen LogP contribution in [-0.4, -0.2) is 13.1 Å². The lowest BCUT2D eigenvalue weighted by Gasteiger charge is -2.36. The average molecular weight is 211 g/mol. The van der Waals surface area contributed by atoms with E-state index in [1.807, 2.05) is 0 Å². The van der Waals surface area contributed by atoms with E-state index in [2.05, 4.69) is 33.0 Å². The lowest BCUT2D eigenvalue weighted by molar-refractivity contribution is 0.157. The van der Waals surface area contributed by atoms with E-state index in [9.17, 15) is 0 Å². The van der Waals surface area contributed by atoms with Crippen LogP contribution in [0.2, 0.25) is 0 Å². The molecule has 0 aromatic rings. The summed E-state index contributed by atoms with van der Waals surface area (Å²) in [6.45, 7) is 11.9. The zero-order valence-corrected chi connectivity index (χ0v) is 11.1. The van der Waals surface area contributed by atoms with E-state index in [4.69, 9.17) is 0 Å². The van der Waals surface area contributed by atoms with Gasteiger partial charge in [0.15, 0.2) is 0 Å². The molecule has 0 radical (unpaired) electrons. The smallest absolute Gasteiger partial charge is 0.00180 e. The van der Waals surface area contributed by atoms with Gasteiger partial charge in [0.2, 0.25) is 0 Å². The summed E-state index contributed by atoms with van der Waals surface area (Å²) in [4.78, 5) is 0. The molecule has 0 aromatic heterocycles. The van der Waals surface area contributed by atoms with E-state index >= 15 is 0 Å². The Bertz CT molecular complexity index is 165. The Hall–Kier alpha value is -0.0400. The normalized spacial score (nSPS) is 32.2. The quantitative estimate of drug-likeness (QED) is 0.684. The molecule has 15 heavy (non-hydrogen) atoms. The first-order chi connectivity index (χ1) is 7.15. The fourth-order valence-electron chi connectivity index (χ4n) is 2.87. The zero-order chi connectivity index (χ0) is 11.3. The van der Waals surface area contributed by atoms with E-state index in [1.54, 1.807) is 0 Å². The van der Waals surface area contributed by atoms with E-state index in [1.165, 1.54) is 38.8 Å². The summed E-state index contributed by atoms with van der Waals surface area (Å²) in [5, 5.41) is 3.58. The molecule has 0 amide bonds. The van der Waals surface area contributed by atoms with E-state index < -0.39 is 0 Å². The minimum atomic E-state index is 0.886. The molecule has 0 spiro atoms. The summed E-state index contributed by atoms with van der Waals surface area (Å²) in [6.07, 6.45) is 5.62. The van der Waals surface area contributed by atoms with Crippen molar-refractivity contribution in [3.63, 3.8) is 0 Å². The molecule has 1 fully saturated rings. The molecule has 0 saturated heterocycles. The largest absolute Gasteiger partial charge is 0.316 e. The third-order valence-corrected chi connectivity index (χ3v) is 4.16. The van der Waals surface area contributed by atoms with Crippen molar-refractivity contribution in [3.8, 4) is 0 Å². The van der Waals surface area contributed by atoms with Crippen LogP contribution in [0, 0.1) is 23.7 Å². The van der Waals surface area contributed by atoms with Gasteiger partial charge in [0.1, 0.15) is 0 Å². The van der Waals surface area contributed by atoms with Crippen molar-refractivity contribution in [2.45, 2.75) is 53.4 Å². The maximum absolute atomic E-state index is 3.58. The van der Waals surface area contributed by atoms with Crippen molar-refractivity contribution < 1.29 is 0 Å². The van der Waals surface area contributed by atoms with E-state index in [0.717, 1.165) is 23.7 Å². The van der Waals surface area contributed by atoms with Crippen molar-refractivity contribution >= 4 is 0 Å². The van der Waals surface area contributed by atoms with Gasteiger partial charge in [0, 0.05) is 0 Å². The predicted octanol–water partition coefficient (Wildman–Crippen LogP) is 3.69. The van der Waals surface area contributed by atoms with Crippen LogP contribution in [0.15, 0.2) is 0 Å². The van der Waals surface area contributed by atoms with Crippen molar-refractivity contribution in [2.75, 3.05) is 13.1 Å². The third-order valence-electron chi connectivity index (χ3n) is 4.16. The highest BCUT2D eigenvalue weighted by atomic mass is 14.9. The highest BCUT2D eigenvalue weighted by molar-refractivity contribution is 4.80. The molecular formula is C14H29N. The number of nitrogens with one attached hydrogen (secondary N) is 1. The van der Waals surface area contributed by atoms with Gasteiger partial charge in [-0.05, 0) is 62.4 Å². The van der Waals surface area contributed by atoms with E-state index in [0.29, 0.717) is 0 Å². The van der Waals surface area contributed by atoms with Crippen LogP contribution in [0.1, 0.15) is 53.4 Å². The SMILES string of the molecule is CCCNCC1CCC(C(C)C)CC1C. The van der Waals surface area contributed by atoms with Crippen LogP contribution >= 0.6 is 0 Å². The van der Waals surface area contributed by atoms with Crippen molar-refractivity contribution in [1.82, 2.24) is 5.32 Å². The minimum absolute atomic E-state index is 0.886. The molecule has 0 aromatic carbocycles. The molecule has 3 unspecified atom stereocenters. The minimum Gasteiger partial charge on any atom is -0.316 e. The molecule has 0 bridgehead atoms. The van der Waals surface area contributed by atoms with Gasteiger partial charge in [-0.25, -0.2) is 0 Å². The first-order valence-corrected chi connectivity index (χ1v) is 6.85. The Morgan fingerprint density at radius 2 is 2.00 bits per heavy atom. The second kappa shape index (κ2) is 6.52. The Morgan fingerprint density at radius 1 is 1.27 bits per heavy atom. The Labute approximate surface area is 96.0 Å². The average Bonchev–Trinajstić information content (AvgIpc) is 2.20. The maximum atomic E-state index is 3.58. The number of rotatable bonds is 5. The van der Waals surface area contributed by atoms with Crippen LogP contribution in [-0.2, 0) is 0 Å². The molecule has 3 atom stereocenters. The van der Waals surface area contributed by atoms with Crippen molar-refractivity contribution in [2.24, 2.45) is 23.7 Å². The van der Waals surface area contributed by atoms with Gasteiger partial charge in [-0.3, -0.25) is 0 Å². The summed E-state index contributed by atoms with van der Waals surface area (Å²) in [6, 6.07) is 0. The van der Waals surface area contributed by atoms with Gasteiger partial charge < -0.3 is 5.32 Å². The van der Waals surface area contributed by atoms with Gasteiger partial charge in [-0.2, -0.15) is 0 Å². The number of hydrogen-bond donors (Lipinski definition) is 1. The van der Waals surface area contributed by atoms with Gasteiger partial charge in [-0.15, -0.1) is 0 Å². The van der Waals surface area contributed by atoms with Crippen LogP contribution in [0.5, 0.6) is 0 Å². The van der Waals surface area contributed by atoms with Gasteiger partial charge in [-0.1, -0.05) is 27.7 Å². The standard InChI is InChI=1S/C14H29N/c1-5-8-15-10-14-7-6-13(11(2)3)9-12(14)4/h11-15H,5-10H2,1-4H3. The topological polar surface area (TPSA) is 12.0 Å². The zero-order valence-electron chi connectivity index (χ0n) is 11.1. The summed E-state index contributed by atoms with van der Waals surface area (Å²) in [7, 11) is 0. The molecule has 1 aliphatic rings. The van der Waals surface area contributed by atoms with Gasteiger partial charge in [0.05, 0.1) is 0 Å². The number of hydrogen-bond acceptors (Lipinski definition) is 1. The van der Waals surface area contributed by atoms with Gasteiger partial charge in [0.25, 0.3) is 0 Å². The first-order valence-electron chi connectivity index (χ1n) is 6.85. The fraction of sp³-hybridized carbons (Fsp3) is 1.00. The summed E-state index contributed by atoms with van der Waals surface area (Å²) in [5.41, 5.74) is 0. The molecule has 1 aliphatic carbocycles. The summed E-state index contributed by atoms with van der Waals surface area (Å²) in [5.74, 6) is 3.74. The lowest BCUT2D eigenvalue weighted by atomic mass is 9.71. The third kappa shape index (κ3) is 4.14. The molecule has 0 heterocycles. The Morgan fingerprint density at radius 3 is 2.53 bits per heavy atom. The lowest BCUT2D eigenvalue weighted by Crippen LogP contribution is -2.33. The van der Waals surface area contributed by atoms with Crippen molar-refractivity contribution in [3.05, 3.63) is 0 Å². The molecule has 90 valence electrons. The highest BCUT2D eigenvalue weighted by Gasteiger charge is 2.28. The van der Waals surface area contributed by atoms with Crippen LogP contribution < -0.4 is 5.32 Å². The molecular weight excluding hydrogens is 182 g/mol. The molecule has 1 nitrogen and oxygen atoms in total. The van der Waals surface area contributed by atoms with Crippen LogP contribution in [0.4, 0.5) is 0 Å².